The Morgan fingerprint density at radius 3 is 2.63 bits per heavy atom. The van der Waals surface area contributed by atoms with Gasteiger partial charge < -0.3 is 9.47 Å². The number of carbonyl (C=O) groups is 1. The number of rotatable bonds is 7. The number of nitrogens with zero attached hydrogens (tertiary/aromatic N) is 2. The molecule has 8 heteroatoms. The zero-order chi connectivity index (χ0) is 21.7. The Morgan fingerprint density at radius 2 is 1.97 bits per heavy atom. The lowest BCUT2D eigenvalue weighted by molar-refractivity contribution is 0.0505. The molecule has 0 aliphatic carbocycles. The monoisotopic (exact) mass is 427 g/mol. The Hall–Kier alpha value is -3.32. The zero-order valence-electron chi connectivity index (χ0n) is 16.9. The molecule has 0 aliphatic rings. The van der Waals surface area contributed by atoms with Gasteiger partial charge in [-0.2, -0.15) is 0 Å². The summed E-state index contributed by atoms with van der Waals surface area (Å²) in [7, 11) is 1.51. The summed E-state index contributed by atoms with van der Waals surface area (Å²) in [5.41, 5.74) is 2.51. The molecule has 3 aromatic rings. The lowest BCUT2D eigenvalue weighted by atomic mass is 10.2. The van der Waals surface area contributed by atoms with Crippen molar-refractivity contribution in [1.82, 2.24) is 9.78 Å². The van der Waals surface area contributed by atoms with Crippen molar-refractivity contribution in [2.75, 3.05) is 13.7 Å². The van der Waals surface area contributed by atoms with Crippen molar-refractivity contribution < 1.29 is 14.3 Å². The molecule has 30 heavy (non-hydrogen) atoms. The van der Waals surface area contributed by atoms with Gasteiger partial charge in [-0.05, 0) is 49.7 Å². The maximum Gasteiger partial charge on any atom is 0.338 e. The molecular formula is C22H22ClN3O4. The lowest BCUT2D eigenvalue weighted by Gasteiger charge is -2.06. The maximum atomic E-state index is 12.8. The van der Waals surface area contributed by atoms with E-state index < -0.39 is 0 Å². The molecule has 0 bridgehead atoms. The van der Waals surface area contributed by atoms with Crippen LogP contribution in [0.3, 0.4) is 0 Å². The SMILES string of the molecule is CCCOC(=O)c1ccc(N=Cc2c(C)[nH]n(-c3ccc(Cl)c(OC)c3)c2=O)cc1. The topological polar surface area (TPSA) is 85.7 Å². The van der Waals surface area contributed by atoms with Gasteiger partial charge in [0, 0.05) is 18.0 Å². The van der Waals surface area contributed by atoms with Crippen LogP contribution in [0.25, 0.3) is 5.69 Å². The number of halogens is 1. The van der Waals surface area contributed by atoms with Gasteiger partial charge in [0.2, 0.25) is 0 Å². The van der Waals surface area contributed by atoms with E-state index in [4.69, 9.17) is 21.1 Å². The van der Waals surface area contributed by atoms with Gasteiger partial charge >= 0.3 is 5.97 Å². The molecule has 0 unspecified atom stereocenters. The fourth-order valence-corrected chi connectivity index (χ4v) is 2.98. The van der Waals surface area contributed by atoms with Crippen molar-refractivity contribution in [3.8, 4) is 11.4 Å². The van der Waals surface area contributed by atoms with E-state index in [1.807, 2.05) is 6.92 Å². The number of aliphatic imine (C=N–C) groups is 1. The van der Waals surface area contributed by atoms with Gasteiger partial charge in [-0.25, -0.2) is 9.48 Å². The van der Waals surface area contributed by atoms with Crippen molar-refractivity contribution >= 4 is 29.5 Å². The van der Waals surface area contributed by atoms with Crippen LogP contribution < -0.4 is 10.3 Å². The van der Waals surface area contributed by atoms with Crippen molar-refractivity contribution in [3.05, 3.63) is 74.7 Å². The molecule has 0 aliphatic heterocycles. The summed E-state index contributed by atoms with van der Waals surface area (Å²) in [5.74, 6) is 0.108. The van der Waals surface area contributed by atoms with E-state index >= 15 is 0 Å². The fraction of sp³-hybridized carbons (Fsp3) is 0.227. The van der Waals surface area contributed by atoms with Gasteiger partial charge in [0.15, 0.2) is 0 Å². The summed E-state index contributed by atoms with van der Waals surface area (Å²) in [6, 6.07) is 11.8. The zero-order valence-corrected chi connectivity index (χ0v) is 17.7. The quantitative estimate of drug-likeness (QED) is 0.445. The minimum absolute atomic E-state index is 0.250. The van der Waals surface area contributed by atoms with E-state index in [0.29, 0.717) is 45.6 Å². The van der Waals surface area contributed by atoms with E-state index in [1.165, 1.54) is 18.0 Å². The summed E-state index contributed by atoms with van der Waals surface area (Å²) < 4.78 is 11.7. The summed E-state index contributed by atoms with van der Waals surface area (Å²) in [4.78, 5) is 29.1. The third kappa shape index (κ3) is 4.63. The Bertz CT molecular complexity index is 1130. The van der Waals surface area contributed by atoms with E-state index in [9.17, 15) is 9.59 Å². The number of esters is 1. The van der Waals surface area contributed by atoms with Gasteiger partial charge in [0.1, 0.15) is 5.75 Å². The normalized spacial score (nSPS) is 11.1. The second-order valence-electron chi connectivity index (χ2n) is 6.55. The first-order valence-corrected chi connectivity index (χ1v) is 9.79. The predicted octanol–water partition coefficient (Wildman–Crippen LogP) is 4.45. The summed E-state index contributed by atoms with van der Waals surface area (Å²) >= 11 is 6.06. The fourth-order valence-electron chi connectivity index (χ4n) is 2.78. The van der Waals surface area contributed by atoms with Crippen LogP contribution >= 0.6 is 11.6 Å². The number of ether oxygens (including phenoxy) is 2. The van der Waals surface area contributed by atoms with Gasteiger partial charge in [-0.1, -0.05) is 18.5 Å². The maximum absolute atomic E-state index is 12.8. The van der Waals surface area contributed by atoms with Gasteiger partial charge in [-0.3, -0.25) is 14.9 Å². The number of H-pyrrole nitrogens is 1. The molecule has 0 saturated carbocycles. The van der Waals surface area contributed by atoms with E-state index in [2.05, 4.69) is 10.1 Å². The molecule has 1 N–H and O–H groups in total. The van der Waals surface area contributed by atoms with Crippen LogP contribution in [0.2, 0.25) is 5.02 Å². The number of carbonyl (C=O) groups excluding carboxylic acids is 1. The third-order valence-corrected chi connectivity index (χ3v) is 4.71. The third-order valence-electron chi connectivity index (χ3n) is 4.39. The van der Waals surface area contributed by atoms with Crippen LogP contribution in [0.15, 0.2) is 52.3 Å². The Kier molecular flexibility index (Phi) is 6.74. The number of hydrogen-bond donors (Lipinski definition) is 1. The second-order valence-corrected chi connectivity index (χ2v) is 6.96. The lowest BCUT2D eigenvalue weighted by Crippen LogP contribution is -2.17. The second kappa shape index (κ2) is 9.45. The standard InChI is InChI=1S/C22H22ClN3O4/c1-4-11-30-22(28)15-5-7-16(8-6-15)24-13-18-14(2)25-26(21(18)27)17-9-10-19(23)20(12-17)29-3/h5-10,12-13,25H,4,11H2,1-3H3. The smallest absolute Gasteiger partial charge is 0.338 e. The molecule has 2 aromatic carbocycles. The minimum Gasteiger partial charge on any atom is -0.495 e. The molecule has 0 saturated heterocycles. The van der Waals surface area contributed by atoms with Crippen molar-refractivity contribution in [3.63, 3.8) is 0 Å². The molecule has 156 valence electrons. The van der Waals surface area contributed by atoms with Crippen LogP contribution in [0, 0.1) is 6.92 Å². The van der Waals surface area contributed by atoms with Crippen molar-refractivity contribution in [2.24, 2.45) is 4.99 Å². The van der Waals surface area contributed by atoms with Gasteiger partial charge in [0.25, 0.3) is 5.56 Å². The Morgan fingerprint density at radius 1 is 1.23 bits per heavy atom. The number of aryl methyl sites for hydroxylation is 1. The molecule has 0 radical (unpaired) electrons. The van der Waals surface area contributed by atoms with Gasteiger partial charge in [-0.15, -0.1) is 0 Å². The first-order valence-electron chi connectivity index (χ1n) is 9.41. The minimum atomic E-state index is -0.366. The highest BCUT2D eigenvalue weighted by molar-refractivity contribution is 6.32. The Balaban J connectivity index is 1.83. The highest BCUT2D eigenvalue weighted by atomic mass is 35.5. The number of methoxy groups -OCH3 is 1. The number of nitrogens with one attached hydrogen (secondary N) is 1. The van der Waals surface area contributed by atoms with E-state index in [-0.39, 0.29) is 11.5 Å². The molecule has 1 aromatic heterocycles. The summed E-state index contributed by atoms with van der Waals surface area (Å²) in [5, 5.41) is 3.49. The van der Waals surface area contributed by atoms with Crippen molar-refractivity contribution in [2.45, 2.75) is 20.3 Å². The molecule has 0 spiro atoms. The van der Waals surface area contributed by atoms with Crippen LogP contribution in [-0.2, 0) is 4.74 Å². The van der Waals surface area contributed by atoms with E-state index in [0.717, 1.165) is 6.42 Å². The van der Waals surface area contributed by atoms with Crippen LogP contribution in [-0.4, -0.2) is 35.7 Å². The Labute approximate surface area is 178 Å². The number of benzene rings is 2. The van der Waals surface area contributed by atoms with Crippen LogP contribution in [0.5, 0.6) is 5.75 Å². The molecule has 0 atom stereocenters. The van der Waals surface area contributed by atoms with E-state index in [1.54, 1.807) is 49.4 Å². The number of hydrogen-bond acceptors (Lipinski definition) is 5. The average Bonchev–Trinajstić information content (AvgIpc) is 3.04. The summed E-state index contributed by atoms with van der Waals surface area (Å²) in [6.07, 6.45) is 2.27. The van der Waals surface area contributed by atoms with Crippen LogP contribution in [0.4, 0.5) is 5.69 Å². The van der Waals surface area contributed by atoms with Crippen molar-refractivity contribution in [1.29, 1.82) is 0 Å². The number of aromatic amines is 1. The molecular weight excluding hydrogens is 406 g/mol. The molecule has 1 heterocycles. The average molecular weight is 428 g/mol. The molecule has 7 nitrogen and oxygen atoms in total. The highest BCUT2D eigenvalue weighted by Gasteiger charge is 2.12. The first kappa shape index (κ1) is 21.4. The van der Waals surface area contributed by atoms with Crippen LogP contribution in [0.1, 0.15) is 35.0 Å². The molecule has 0 amide bonds. The first-order chi connectivity index (χ1) is 14.4. The highest BCUT2D eigenvalue weighted by Crippen LogP contribution is 2.26. The largest absolute Gasteiger partial charge is 0.495 e. The predicted molar refractivity (Wildman–Crippen MR) is 117 cm³/mol. The molecule has 0 fully saturated rings. The molecule has 3 rings (SSSR count). The number of aromatic nitrogens is 2. The van der Waals surface area contributed by atoms with Gasteiger partial charge in [0.05, 0.1) is 41.2 Å². The summed E-state index contributed by atoms with van der Waals surface area (Å²) in [6.45, 7) is 4.11.